The maximum absolute atomic E-state index is 14.2. The summed E-state index contributed by atoms with van der Waals surface area (Å²) in [4.78, 5) is 29.9. The highest BCUT2D eigenvalue weighted by Crippen LogP contribution is 2.33. The summed E-state index contributed by atoms with van der Waals surface area (Å²) < 4.78 is 35.2. The second kappa shape index (κ2) is 16.2. The fraction of sp³-hybridized carbons (Fsp3) is 0.375. The number of carbonyl (C=O) groups excluding carboxylic acids is 2. The number of anilines is 1. The number of nitrogens with one attached hydrogen (secondary N) is 1. The van der Waals surface area contributed by atoms with E-state index in [1.54, 1.807) is 48.5 Å². The molecule has 0 heterocycles. The third kappa shape index (κ3) is 8.51. The zero-order valence-electron chi connectivity index (χ0n) is 24.8. The first-order valence-electron chi connectivity index (χ1n) is 14.3. The molecule has 0 aliphatic heterocycles. The van der Waals surface area contributed by atoms with E-state index in [1.807, 2.05) is 57.4 Å². The van der Waals surface area contributed by atoms with Crippen LogP contribution in [0.2, 0.25) is 0 Å². The SMILES string of the molecule is CCCNC(=O)[C@@H](CC)N(CCc1ccccc1)C(=O)CN(c1ccccc1OCC)S(=O)(=O)c1ccc(SC)cc1. The topological polar surface area (TPSA) is 96.0 Å². The Morgan fingerprint density at radius 3 is 2.21 bits per heavy atom. The highest BCUT2D eigenvalue weighted by molar-refractivity contribution is 7.98. The number of carbonyl (C=O) groups is 2. The van der Waals surface area contributed by atoms with Gasteiger partial charge >= 0.3 is 0 Å². The fourth-order valence-corrected chi connectivity index (χ4v) is 6.42. The van der Waals surface area contributed by atoms with E-state index in [9.17, 15) is 18.0 Å². The van der Waals surface area contributed by atoms with E-state index in [0.717, 1.165) is 21.2 Å². The molecule has 0 aliphatic carbocycles. The molecular weight excluding hydrogens is 571 g/mol. The summed E-state index contributed by atoms with van der Waals surface area (Å²) >= 11 is 1.51. The Kier molecular flexibility index (Phi) is 12.7. The zero-order valence-corrected chi connectivity index (χ0v) is 26.4. The second-order valence-electron chi connectivity index (χ2n) is 9.63. The van der Waals surface area contributed by atoms with Crippen molar-refractivity contribution in [3.8, 4) is 5.75 Å². The molecule has 0 bridgehead atoms. The van der Waals surface area contributed by atoms with Crippen molar-refractivity contribution in [3.63, 3.8) is 0 Å². The molecule has 0 aliphatic rings. The van der Waals surface area contributed by atoms with Gasteiger partial charge in [-0.1, -0.05) is 56.3 Å². The Morgan fingerprint density at radius 2 is 1.60 bits per heavy atom. The van der Waals surface area contributed by atoms with Gasteiger partial charge in [-0.25, -0.2) is 8.42 Å². The van der Waals surface area contributed by atoms with Crippen molar-refractivity contribution in [1.29, 1.82) is 0 Å². The molecule has 0 aromatic heterocycles. The van der Waals surface area contributed by atoms with Gasteiger partial charge in [0.25, 0.3) is 10.0 Å². The van der Waals surface area contributed by atoms with Crippen molar-refractivity contribution in [2.75, 3.05) is 36.8 Å². The molecule has 3 aromatic carbocycles. The predicted molar refractivity (Wildman–Crippen MR) is 170 cm³/mol. The molecule has 1 atom stereocenters. The van der Waals surface area contributed by atoms with E-state index in [-0.39, 0.29) is 23.0 Å². The Hall–Kier alpha value is -3.50. The van der Waals surface area contributed by atoms with E-state index < -0.39 is 28.5 Å². The highest BCUT2D eigenvalue weighted by Gasteiger charge is 2.34. The van der Waals surface area contributed by atoms with E-state index in [2.05, 4.69) is 5.32 Å². The number of sulfonamides is 1. The molecule has 2 amide bonds. The Balaban J connectivity index is 2.05. The molecule has 0 saturated heterocycles. The Morgan fingerprint density at radius 1 is 0.929 bits per heavy atom. The van der Waals surface area contributed by atoms with Crippen LogP contribution in [0.25, 0.3) is 0 Å². The van der Waals surface area contributed by atoms with E-state index in [1.165, 1.54) is 16.7 Å². The number of rotatable bonds is 16. The van der Waals surface area contributed by atoms with Crippen LogP contribution < -0.4 is 14.4 Å². The molecule has 226 valence electrons. The summed E-state index contributed by atoms with van der Waals surface area (Å²) in [5, 5.41) is 2.91. The molecular formula is C32H41N3O5S2. The predicted octanol–water partition coefficient (Wildman–Crippen LogP) is 5.38. The molecule has 10 heteroatoms. The van der Waals surface area contributed by atoms with Crippen LogP contribution in [-0.2, 0) is 26.0 Å². The number of hydrogen-bond acceptors (Lipinski definition) is 6. The summed E-state index contributed by atoms with van der Waals surface area (Å²) in [6.45, 7) is 6.20. The number of amides is 2. The molecule has 8 nitrogen and oxygen atoms in total. The molecule has 0 unspecified atom stereocenters. The summed E-state index contributed by atoms with van der Waals surface area (Å²) in [5.74, 6) is -0.377. The highest BCUT2D eigenvalue weighted by atomic mass is 32.2. The van der Waals surface area contributed by atoms with Gasteiger partial charge in [-0.05, 0) is 74.4 Å². The third-order valence-electron chi connectivity index (χ3n) is 6.78. The number of benzene rings is 3. The second-order valence-corrected chi connectivity index (χ2v) is 12.4. The minimum atomic E-state index is -4.19. The van der Waals surface area contributed by atoms with Crippen LogP contribution >= 0.6 is 11.8 Å². The van der Waals surface area contributed by atoms with Crippen LogP contribution in [0.4, 0.5) is 5.69 Å². The fourth-order valence-electron chi connectivity index (χ4n) is 4.59. The number of nitrogens with zero attached hydrogens (tertiary/aromatic N) is 2. The van der Waals surface area contributed by atoms with Crippen molar-refractivity contribution in [2.45, 2.75) is 55.9 Å². The summed E-state index contributed by atoms with van der Waals surface area (Å²) in [6, 6.07) is 22.3. The van der Waals surface area contributed by atoms with Gasteiger partial charge in [0.1, 0.15) is 18.3 Å². The third-order valence-corrected chi connectivity index (χ3v) is 9.30. The molecule has 3 rings (SSSR count). The number of thioether (sulfide) groups is 1. The number of hydrogen-bond donors (Lipinski definition) is 1. The monoisotopic (exact) mass is 611 g/mol. The lowest BCUT2D eigenvalue weighted by molar-refractivity contribution is -0.139. The quantitative estimate of drug-likeness (QED) is 0.219. The number of para-hydroxylation sites is 2. The number of ether oxygens (including phenoxy) is 1. The van der Waals surface area contributed by atoms with Crippen molar-refractivity contribution < 1.29 is 22.7 Å². The summed E-state index contributed by atoms with van der Waals surface area (Å²) in [6.07, 6.45) is 3.57. The molecule has 0 fully saturated rings. The van der Waals surface area contributed by atoms with Gasteiger partial charge in [-0.3, -0.25) is 13.9 Å². The minimum absolute atomic E-state index is 0.0583. The standard InChI is InChI=1S/C32H41N3O5S2/c1-5-22-33-32(37)28(6-2)34(23-21-25-13-9-8-10-14-25)31(36)24-35(29-15-11-12-16-30(29)40-7-3)42(38,39)27-19-17-26(41-4)18-20-27/h8-20,28H,5-7,21-24H2,1-4H3,(H,33,37)/t28-/m1/s1. The smallest absolute Gasteiger partial charge is 0.264 e. The lowest BCUT2D eigenvalue weighted by Gasteiger charge is -2.33. The van der Waals surface area contributed by atoms with Gasteiger partial charge in [0.05, 0.1) is 17.2 Å². The van der Waals surface area contributed by atoms with Crippen molar-refractivity contribution in [3.05, 3.63) is 84.4 Å². The average Bonchev–Trinajstić information content (AvgIpc) is 3.01. The molecule has 0 saturated carbocycles. The van der Waals surface area contributed by atoms with Crippen LogP contribution in [0.3, 0.4) is 0 Å². The largest absolute Gasteiger partial charge is 0.492 e. The van der Waals surface area contributed by atoms with Crippen LogP contribution in [0.5, 0.6) is 5.75 Å². The van der Waals surface area contributed by atoms with E-state index in [0.29, 0.717) is 31.7 Å². The lowest BCUT2D eigenvalue weighted by Crippen LogP contribution is -2.53. The van der Waals surface area contributed by atoms with Gasteiger partial charge in [-0.2, -0.15) is 0 Å². The molecule has 1 N–H and O–H groups in total. The van der Waals surface area contributed by atoms with Crippen molar-refractivity contribution in [1.82, 2.24) is 10.2 Å². The molecule has 0 radical (unpaired) electrons. The normalized spacial score (nSPS) is 11.9. The molecule has 3 aromatic rings. The van der Waals surface area contributed by atoms with Crippen LogP contribution in [0.15, 0.2) is 88.7 Å². The van der Waals surface area contributed by atoms with Crippen LogP contribution in [0, 0.1) is 0 Å². The van der Waals surface area contributed by atoms with Gasteiger partial charge in [0, 0.05) is 18.0 Å². The first-order chi connectivity index (χ1) is 20.3. The summed E-state index contributed by atoms with van der Waals surface area (Å²) in [5.41, 5.74) is 1.27. The zero-order chi connectivity index (χ0) is 30.5. The van der Waals surface area contributed by atoms with Crippen molar-refractivity contribution >= 4 is 39.3 Å². The Labute approximate surface area is 254 Å². The Bertz CT molecular complexity index is 1400. The average molecular weight is 612 g/mol. The maximum atomic E-state index is 14.2. The lowest BCUT2D eigenvalue weighted by atomic mass is 10.1. The minimum Gasteiger partial charge on any atom is -0.492 e. The maximum Gasteiger partial charge on any atom is 0.264 e. The van der Waals surface area contributed by atoms with Gasteiger partial charge in [0.2, 0.25) is 11.8 Å². The van der Waals surface area contributed by atoms with Gasteiger partial charge < -0.3 is 15.0 Å². The molecule has 0 spiro atoms. The van der Waals surface area contributed by atoms with E-state index in [4.69, 9.17) is 4.74 Å². The van der Waals surface area contributed by atoms with E-state index >= 15 is 0 Å². The van der Waals surface area contributed by atoms with Crippen molar-refractivity contribution in [2.24, 2.45) is 0 Å². The van der Waals surface area contributed by atoms with Crippen LogP contribution in [0.1, 0.15) is 39.2 Å². The van der Waals surface area contributed by atoms with Crippen LogP contribution in [-0.4, -0.2) is 63.7 Å². The first-order valence-corrected chi connectivity index (χ1v) is 16.9. The first kappa shape index (κ1) is 33.0. The molecule has 42 heavy (non-hydrogen) atoms. The van der Waals surface area contributed by atoms with Gasteiger partial charge in [-0.15, -0.1) is 11.8 Å². The van der Waals surface area contributed by atoms with Gasteiger partial charge in [0.15, 0.2) is 0 Å². The summed E-state index contributed by atoms with van der Waals surface area (Å²) in [7, 11) is -4.19.